The molecule has 6 heteroatoms. The number of hydrogen-bond acceptors (Lipinski definition) is 3. The number of amides is 2. The predicted octanol–water partition coefficient (Wildman–Crippen LogP) is 5.60. The molecule has 2 aromatic rings. The molecule has 2 amide bonds. The zero-order valence-corrected chi connectivity index (χ0v) is 21.4. The highest BCUT2D eigenvalue weighted by Gasteiger charge is 2.29. The van der Waals surface area contributed by atoms with Crippen LogP contribution in [-0.2, 0) is 21.5 Å². The van der Waals surface area contributed by atoms with Gasteiger partial charge in [-0.25, -0.2) is 0 Å². The molecular formula is C27H37ClN2O3. The lowest BCUT2D eigenvalue weighted by Gasteiger charge is -2.31. The van der Waals surface area contributed by atoms with Crippen LogP contribution in [0.1, 0.15) is 59.1 Å². The van der Waals surface area contributed by atoms with E-state index in [2.05, 4.69) is 26.1 Å². The van der Waals surface area contributed by atoms with Gasteiger partial charge in [-0.2, -0.15) is 0 Å². The summed E-state index contributed by atoms with van der Waals surface area (Å²) >= 11 is 6.03. The average Bonchev–Trinajstić information content (AvgIpc) is 2.76. The van der Waals surface area contributed by atoms with Crippen LogP contribution in [0.2, 0.25) is 5.02 Å². The van der Waals surface area contributed by atoms with Gasteiger partial charge in [0.25, 0.3) is 5.91 Å². The number of para-hydroxylation sites is 1. The lowest BCUT2D eigenvalue weighted by molar-refractivity contribution is -0.143. The van der Waals surface area contributed by atoms with Crippen molar-refractivity contribution in [2.75, 3.05) is 13.2 Å². The first-order valence-corrected chi connectivity index (χ1v) is 11.9. The summed E-state index contributed by atoms with van der Waals surface area (Å²) in [5.74, 6) is 0.620. The summed E-state index contributed by atoms with van der Waals surface area (Å²) in [6.45, 7) is 13.0. The normalized spacial score (nSPS) is 12.4. The predicted molar refractivity (Wildman–Crippen MR) is 135 cm³/mol. The molecule has 1 N–H and O–H groups in total. The van der Waals surface area contributed by atoms with Crippen LogP contribution < -0.4 is 10.1 Å². The molecule has 0 bridgehead atoms. The average molecular weight is 473 g/mol. The summed E-state index contributed by atoms with van der Waals surface area (Å²) in [6, 6.07) is 14.5. The van der Waals surface area contributed by atoms with E-state index in [1.165, 1.54) is 0 Å². The number of nitrogens with zero attached hydrogens (tertiary/aromatic N) is 1. The smallest absolute Gasteiger partial charge is 0.261 e. The third-order valence-corrected chi connectivity index (χ3v) is 5.63. The van der Waals surface area contributed by atoms with Crippen LogP contribution in [0.15, 0.2) is 48.5 Å². The van der Waals surface area contributed by atoms with Gasteiger partial charge in [-0.05, 0) is 47.1 Å². The Morgan fingerprint density at radius 2 is 1.70 bits per heavy atom. The summed E-state index contributed by atoms with van der Waals surface area (Å²) in [7, 11) is 0. The van der Waals surface area contributed by atoms with E-state index in [4.69, 9.17) is 16.3 Å². The van der Waals surface area contributed by atoms with Crippen molar-refractivity contribution in [3.63, 3.8) is 0 Å². The van der Waals surface area contributed by atoms with Crippen molar-refractivity contribution in [1.29, 1.82) is 0 Å². The Hall–Kier alpha value is -2.53. The maximum absolute atomic E-state index is 13.4. The molecular weight excluding hydrogens is 436 g/mol. The highest BCUT2D eigenvalue weighted by Crippen LogP contribution is 2.31. The zero-order valence-electron chi connectivity index (χ0n) is 20.7. The van der Waals surface area contributed by atoms with E-state index in [0.29, 0.717) is 36.2 Å². The highest BCUT2D eigenvalue weighted by molar-refractivity contribution is 6.30. The summed E-state index contributed by atoms with van der Waals surface area (Å²) in [5, 5.41) is 3.60. The van der Waals surface area contributed by atoms with Crippen LogP contribution in [-0.4, -0.2) is 35.9 Å². The minimum absolute atomic E-state index is 0.120. The van der Waals surface area contributed by atoms with E-state index in [9.17, 15) is 9.59 Å². The van der Waals surface area contributed by atoms with Gasteiger partial charge in [0.1, 0.15) is 11.8 Å². The summed E-state index contributed by atoms with van der Waals surface area (Å²) in [4.78, 5) is 28.0. The van der Waals surface area contributed by atoms with Crippen molar-refractivity contribution < 1.29 is 14.3 Å². The van der Waals surface area contributed by atoms with Gasteiger partial charge in [-0.1, -0.05) is 83.5 Å². The van der Waals surface area contributed by atoms with E-state index in [-0.39, 0.29) is 23.8 Å². The molecule has 0 aromatic heterocycles. The number of nitrogens with one attached hydrogen (secondary N) is 1. The third-order valence-electron chi connectivity index (χ3n) is 5.38. The van der Waals surface area contributed by atoms with Crippen molar-refractivity contribution in [2.45, 2.75) is 66.0 Å². The lowest BCUT2D eigenvalue weighted by atomic mass is 9.86. The molecule has 0 aliphatic rings. The molecule has 180 valence electrons. The third kappa shape index (κ3) is 8.08. The van der Waals surface area contributed by atoms with Crippen LogP contribution in [0.3, 0.4) is 0 Å². The van der Waals surface area contributed by atoms with Gasteiger partial charge < -0.3 is 15.0 Å². The first-order chi connectivity index (χ1) is 15.5. The van der Waals surface area contributed by atoms with Crippen LogP contribution in [0, 0.1) is 5.92 Å². The molecule has 0 saturated heterocycles. The van der Waals surface area contributed by atoms with Crippen LogP contribution in [0.4, 0.5) is 0 Å². The minimum atomic E-state index is -0.589. The van der Waals surface area contributed by atoms with Gasteiger partial charge in [0.15, 0.2) is 6.61 Å². The Kier molecular flexibility index (Phi) is 9.78. The van der Waals surface area contributed by atoms with E-state index in [1.807, 2.05) is 57.2 Å². The standard InChI is InChI=1S/C27H37ClN2O3/c1-7-23(26(32)29-16-19(2)3)30(17-20-12-14-21(28)15-13-20)25(31)18-33-24-11-9-8-10-22(24)27(4,5)6/h8-15,19,23H,7,16-18H2,1-6H3,(H,29,32)/t23-/m0/s1. The maximum atomic E-state index is 13.4. The van der Waals surface area contributed by atoms with Gasteiger partial charge in [0.2, 0.25) is 5.91 Å². The highest BCUT2D eigenvalue weighted by atomic mass is 35.5. The molecule has 0 spiro atoms. The molecule has 0 heterocycles. The summed E-state index contributed by atoms with van der Waals surface area (Å²) < 4.78 is 5.99. The van der Waals surface area contributed by atoms with Crippen LogP contribution in [0.25, 0.3) is 0 Å². The molecule has 0 unspecified atom stereocenters. The van der Waals surface area contributed by atoms with Gasteiger partial charge in [0, 0.05) is 18.1 Å². The zero-order chi connectivity index (χ0) is 24.6. The quantitative estimate of drug-likeness (QED) is 0.490. The fraction of sp³-hybridized carbons (Fsp3) is 0.481. The van der Waals surface area contributed by atoms with Gasteiger partial charge in [-0.3, -0.25) is 9.59 Å². The Labute approximate surface area is 203 Å². The molecule has 33 heavy (non-hydrogen) atoms. The van der Waals surface area contributed by atoms with E-state index in [1.54, 1.807) is 17.0 Å². The van der Waals surface area contributed by atoms with Crippen molar-refractivity contribution in [3.8, 4) is 5.75 Å². The number of hydrogen-bond donors (Lipinski definition) is 1. The first kappa shape index (κ1) is 26.7. The number of carbonyl (C=O) groups excluding carboxylic acids is 2. The lowest BCUT2D eigenvalue weighted by Crippen LogP contribution is -2.50. The second-order valence-corrected chi connectivity index (χ2v) is 10.2. The van der Waals surface area contributed by atoms with E-state index >= 15 is 0 Å². The molecule has 5 nitrogen and oxygen atoms in total. The Morgan fingerprint density at radius 1 is 1.06 bits per heavy atom. The Morgan fingerprint density at radius 3 is 2.27 bits per heavy atom. The SMILES string of the molecule is CC[C@@H](C(=O)NCC(C)C)N(Cc1ccc(Cl)cc1)C(=O)COc1ccccc1C(C)(C)C. The van der Waals surface area contributed by atoms with Crippen molar-refractivity contribution in [1.82, 2.24) is 10.2 Å². The van der Waals surface area contributed by atoms with Gasteiger partial charge >= 0.3 is 0 Å². The number of carbonyl (C=O) groups is 2. The molecule has 2 aromatic carbocycles. The fourth-order valence-electron chi connectivity index (χ4n) is 3.56. The summed E-state index contributed by atoms with van der Waals surface area (Å²) in [6.07, 6.45) is 0.502. The monoisotopic (exact) mass is 472 g/mol. The largest absolute Gasteiger partial charge is 0.483 e. The van der Waals surface area contributed by atoms with E-state index < -0.39 is 6.04 Å². The summed E-state index contributed by atoms with van der Waals surface area (Å²) in [5.41, 5.74) is 1.81. The topological polar surface area (TPSA) is 58.6 Å². The first-order valence-electron chi connectivity index (χ1n) is 11.6. The van der Waals surface area contributed by atoms with Gasteiger partial charge in [-0.15, -0.1) is 0 Å². The van der Waals surface area contributed by atoms with Crippen molar-refractivity contribution in [2.24, 2.45) is 5.92 Å². The number of ether oxygens (including phenoxy) is 1. The van der Waals surface area contributed by atoms with Gasteiger partial charge in [0.05, 0.1) is 0 Å². The Bertz CT molecular complexity index is 920. The fourth-order valence-corrected chi connectivity index (χ4v) is 3.69. The molecule has 0 fully saturated rings. The molecule has 1 atom stereocenters. The second-order valence-electron chi connectivity index (χ2n) is 9.75. The number of halogens is 1. The second kappa shape index (κ2) is 12.1. The molecule has 0 radical (unpaired) electrons. The Balaban J connectivity index is 2.25. The maximum Gasteiger partial charge on any atom is 0.261 e. The number of rotatable bonds is 10. The molecule has 0 aliphatic carbocycles. The van der Waals surface area contributed by atoms with Crippen LogP contribution in [0.5, 0.6) is 5.75 Å². The van der Waals surface area contributed by atoms with E-state index in [0.717, 1.165) is 11.1 Å². The molecule has 0 saturated carbocycles. The number of benzene rings is 2. The minimum Gasteiger partial charge on any atom is -0.483 e. The van der Waals surface area contributed by atoms with Crippen LogP contribution >= 0.6 is 11.6 Å². The molecule has 0 aliphatic heterocycles. The van der Waals surface area contributed by atoms with Crippen molar-refractivity contribution >= 4 is 23.4 Å². The molecule has 2 rings (SSSR count). The van der Waals surface area contributed by atoms with Crippen molar-refractivity contribution in [3.05, 3.63) is 64.7 Å².